The minimum absolute atomic E-state index is 0.124. The molecule has 2 fully saturated rings. The van der Waals surface area contributed by atoms with Crippen LogP contribution in [0.3, 0.4) is 0 Å². The van der Waals surface area contributed by atoms with Crippen LogP contribution in [-0.4, -0.2) is 48.7 Å². The second-order valence-electron chi connectivity index (χ2n) is 6.02. The number of carbonyl (C=O) groups excluding carboxylic acids is 1. The Kier molecular flexibility index (Phi) is 4.28. The van der Waals surface area contributed by atoms with Crippen LogP contribution < -0.4 is 5.32 Å². The Morgan fingerprint density at radius 1 is 1.44 bits per heavy atom. The van der Waals surface area contributed by atoms with Crippen LogP contribution in [0, 0.1) is 0 Å². The standard InChI is InChI=1S/C14H26N2O2/c1-11-5-4-9-16(11)10-8-14(2,13(17)18-3)15-12-6-7-12/h11-12,15H,4-10H2,1-3H3. The zero-order valence-corrected chi connectivity index (χ0v) is 11.9. The van der Waals surface area contributed by atoms with E-state index in [1.807, 2.05) is 6.92 Å². The molecule has 2 unspecified atom stereocenters. The fourth-order valence-electron chi connectivity index (χ4n) is 2.83. The van der Waals surface area contributed by atoms with Gasteiger partial charge in [-0.05, 0) is 52.5 Å². The first kappa shape index (κ1) is 13.8. The number of esters is 1. The van der Waals surface area contributed by atoms with E-state index in [4.69, 9.17) is 4.74 Å². The van der Waals surface area contributed by atoms with E-state index < -0.39 is 5.54 Å². The molecule has 104 valence electrons. The third kappa shape index (κ3) is 3.23. The van der Waals surface area contributed by atoms with Crippen LogP contribution >= 0.6 is 0 Å². The average molecular weight is 254 g/mol. The Bertz CT molecular complexity index is 304. The summed E-state index contributed by atoms with van der Waals surface area (Å²) in [4.78, 5) is 14.5. The quantitative estimate of drug-likeness (QED) is 0.730. The second-order valence-corrected chi connectivity index (χ2v) is 6.02. The number of rotatable bonds is 6. The summed E-state index contributed by atoms with van der Waals surface area (Å²) in [5.74, 6) is -0.124. The minimum atomic E-state index is -0.516. The second kappa shape index (κ2) is 5.57. The van der Waals surface area contributed by atoms with Gasteiger partial charge in [-0.15, -0.1) is 0 Å². The smallest absolute Gasteiger partial charge is 0.325 e. The third-order valence-electron chi connectivity index (χ3n) is 4.33. The lowest BCUT2D eigenvalue weighted by Crippen LogP contribution is -2.53. The van der Waals surface area contributed by atoms with Gasteiger partial charge in [0.1, 0.15) is 5.54 Å². The summed E-state index contributed by atoms with van der Waals surface area (Å²) in [7, 11) is 1.48. The molecule has 0 aromatic rings. The number of nitrogens with one attached hydrogen (secondary N) is 1. The van der Waals surface area contributed by atoms with Gasteiger partial charge in [0.25, 0.3) is 0 Å². The van der Waals surface area contributed by atoms with Crippen LogP contribution in [0.4, 0.5) is 0 Å². The highest BCUT2D eigenvalue weighted by molar-refractivity contribution is 5.80. The molecule has 1 aliphatic carbocycles. The Morgan fingerprint density at radius 3 is 2.67 bits per heavy atom. The van der Waals surface area contributed by atoms with Gasteiger partial charge in [-0.2, -0.15) is 0 Å². The van der Waals surface area contributed by atoms with Crippen LogP contribution in [0.15, 0.2) is 0 Å². The van der Waals surface area contributed by atoms with E-state index in [1.165, 1.54) is 39.3 Å². The van der Waals surface area contributed by atoms with Crippen molar-refractivity contribution in [1.82, 2.24) is 10.2 Å². The molecular formula is C14H26N2O2. The average Bonchev–Trinajstić information content (AvgIpc) is 3.06. The third-order valence-corrected chi connectivity index (χ3v) is 4.33. The Morgan fingerprint density at radius 2 is 2.17 bits per heavy atom. The fraction of sp³-hybridized carbons (Fsp3) is 0.929. The van der Waals surface area contributed by atoms with E-state index in [0.717, 1.165) is 13.0 Å². The molecule has 0 bridgehead atoms. The van der Waals surface area contributed by atoms with Gasteiger partial charge < -0.3 is 9.64 Å². The van der Waals surface area contributed by atoms with Crippen LogP contribution in [0.25, 0.3) is 0 Å². The number of likely N-dealkylation sites (tertiary alicyclic amines) is 1. The molecule has 18 heavy (non-hydrogen) atoms. The van der Waals surface area contributed by atoms with Crippen molar-refractivity contribution in [2.45, 2.75) is 63.6 Å². The molecule has 0 spiro atoms. The highest BCUT2D eigenvalue weighted by Gasteiger charge is 2.39. The Balaban J connectivity index is 1.89. The first-order chi connectivity index (χ1) is 8.55. The van der Waals surface area contributed by atoms with Crippen molar-refractivity contribution in [2.24, 2.45) is 0 Å². The zero-order chi connectivity index (χ0) is 13.2. The molecule has 4 nitrogen and oxygen atoms in total. The molecule has 4 heteroatoms. The number of hydrogen-bond acceptors (Lipinski definition) is 4. The minimum Gasteiger partial charge on any atom is -0.468 e. The maximum absolute atomic E-state index is 12.0. The van der Waals surface area contributed by atoms with Gasteiger partial charge in [0.2, 0.25) is 0 Å². The lowest BCUT2D eigenvalue weighted by molar-refractivity contribution is -0.148. The summed E-state index contributed by atoms with van der Waals surface area (Å²) in [5, 5.41) is 3.46. The molecule has 2 aliphatic rings. The predicted molar refractivity (Wildman–Crippen MR) is 71.5 cm³/mol. The van der Waals surface area contributed by atoms with E-state index in [-0.39, 0.29) is 5.97 Å². The Hall–Kier alpha value is -0.610. The largest absolute Gasteiger partial charge is 0.468 e. The van der Waals surface area contributed by atoms with Gasteiger partial charge in [0, 0.05) is 18.6 Å². The van der Waals surface area contributed by atoms with Crippen LogP contribution in [0.5, 0.6) is 0 Å². The van der Waals surface area contributed by atoms with Gasteiger partial charge >= 0.3 is 5.97 Å². The van der Waals surface area contributed by atoms with Crippen LogP contribution in [0.1, 0.15) is 46.0 Å². The normalized spacial score (nSPS) is 28.1. The lowest BCUT2D eigenvalue weighted by atomic mass is 9.97. The molecular weight excluding hydrogens is 228 g/mol. The van der Waals surface area contributed by atoms with Gasteiger partial charge in [-0.1, -0.05) is 0 Å². The Labute approximate surface area is 110 Å². The molecule has 0 aromatic heterocycles. The molecule has 1 saturated heterocycles. The molecule has 2 rings (SSSR count). The van der Waals surface area contributed by atoms with Crippen molar-refractivity contribution in [3.63, 3.8) is 0 Å². The van der Waals surface area contributed by atoms with Crippen molar-refractivity contribution >= 4 is 5.97 Å². The summed E-state index contributed by atoms with van der Waals surface area (Å²) < 4.78 is 4.97. The zero-order valence-electron chi connectivity index (χ0n) is 11.9. The summed E-state index contributed by atoms with van der Waals surface area (Å²) in [6, 6.07) is 1.18. The monoisotopic (exact) mass is 254 g/mol. The van der Waals surface area contributed by atoms with Crippen molar-refractivity contribution < 1.29 is 9.53 Å². The van der Waals surface area contributed by atoms with E-state index >= 15 is 0 Å². The highest BCUT2D eigenvalue weighted by Crippen LogP contribution is 2.26. The van der Waals surface area contributed by atoms with E-state index in [2.05, 4.69) is 17.1 Å². The van der Waals surface area contributed by atoms with Crippen molar-refractivity contribution in [3.05, 3.63) is 0 Å². The molecule has 1 heterocycles. The van der Waals surface area contributed by atoms with E-state index in [1.54, 1.807) is 0 Å². The number of methoxy groups -OCH3 is 1. The first-order valence-corrected chi connectivity index (χ1v) is 7.15. The number of hydrogen-bond donors (Lipinski definition) is 1. The van der Waals surface area contributed by atoms with Crippen LogP contribution in [-0.2, 0) is 9.53 Å². The maximum Gasteiger partial charge on any atom is 0.325 e. The maximum atomic E-state index is 12.0. The molecule has 1 aliphatic heterocycles. The molecule has 2 atom stereocenters. The summed E-state index contributed by atoms with van der Waals surface area (Å²) >= 11 is 0. The van der Waals surface area contributed by atoms with Gasteiger partial charge in [0.05, 0.1) is 7.11 Å². The number of ether oxygens (including phenoxy) is 1. The van der Waals surface area contributed by atoms with E-state index in [0.29, 0.717) is 12.1 Å². The summed E-state index contributed by atoms with van der Waals surface area (Å²) in [6.45, 7) is 6.41. The molecule has 1 N–H and O–H groups in total. The number of carbonyl (C=O) groups is 1. The molecule has 0 amide bonds. The van der Waals surface area contributed by atoms with Gasteiger partial charge in [0.15, 0.2) is 0 Å². The lowest BCUT2D eigenvalue weighted by Gasteiger charge is -2.31. The van der Waals surface area contributed by atoms with Crippen molar-refractivity contribution in [3.8, 4) is 0 Å². The van der Waals surface area contributed by atoms with Crippen molar-refractivity contribution in [2.75, 3.05) is 20.2 Å². The SMILES string of the molecule is COC(=O)C(C)(CCN1CCCC1C)NC1CC1. The van der Waals surface area contributed by atoms with Gasteiger partial charge in [-0.3, -0.25) is 10.1 Å². The van der Waals surface area contributed by atoms with Crippen molar-refractivity contribution in [1.29, 1.82) is 0 Å². The topological polar surface area (TPSA) is 41.6 Å². The van der Waals surface area contributed by atoms with Gasteiger partial charge in [-0.25, -0.2) is 0 Å². The summed E-state index contributed by atoms with van der Waals surface area (Å²) in [5.41, 5.74) is -0.516. The predicted octanol–water partition coefficient (Wildman–Crippen LogP) is 1.54. The molecule has 0 aromatic carbocycles. The first-order valence-electron chi connectivity index (χ1n) is 7.15. The molecule has 0 radical (unpaired) electrons. The summed E-state index contributed by atoms with van der Waals surface area (Å²) in [6.07, 6.45) is 5.77. The molecule has 1 saturated carbocycles. The van der Waals surface area contributed by atoms with Crippen LogP contribution in [0.2, 0.25) is 0 Å². The van der Waals surface area contributed by atoms with E-state index in [9.17, 15) is 4.79 Å². The fourth-order valence-corrected chi connectivity index (χ4v) is 2.83. The number of nitrogens with zero attached hydrogens (tertiary/aromatic N) is 1. The highest BCUT2D eigenvalue weighted by atomic mass is 16.5.